The molecule has 0 saturated carbocycles. The van der Waals surface area contributed by atoms with Crippen molar-refractivity contribution in [3.05, 3.63) is 57.6 Å². The third kappa shape index (κ3) is 4.53. The number of halogens is 2. The number of aryl methyl sites for hydroxylation is 1. The van der Waals surface area contributed by atoms with E-state index in [1.165, 1.54) is 0 Å². The predicted molar refractivity (Wildman–Crippen MR) is 94.8 cm³/mol. The van der Waals surface area contributed by atoms with Gasteiger partial charge in [0.1, 0.15) is 5.75 Å². The number of methoxy groups -OCH3 is 1. The summed E-state index contributed by atoms with van der Waals surface area (Å²) < 4.78 is 5.24. The molecule has 0 aliphatic rings. The summed E-state index contributed by atoms with van der Waals surface area (Å²) >= 11 is 12.0. The van der Waals surface area contributed by atoms with Gasteiger partial charge in [-0.15, -0.1) is 0 Å². The summed E-state index contributed by atoms with van der Waals surface area (Å²) in [5.74, 6) is 0.600. The molecule has 0 radical (unpaired) electrons. The summed E-state index contributed by atoms with van der Waals surface area (Å²) in [5, 5.41) is 6.70. The number of amides is 2. The molecule has 0 aliphatic carbocycles. The van der Waals surface area contributed by atoms with Crippen LogP contribution in [-0.4, -0.2) is 13.1 Å². The number of benzene rings is 2. The average molecular weight is 353 g/mol. The maximum Gasteiger partial charge on any atom is 0.319 e. The Balaban J connectivity index is 2.09. The molecule has 0 aliphatic heterocycles. The van der Waals surface area contributed by atoms with Gasteiger partial charge in [0.25, 0.3) is 0 Å². The third-order valence-corrected chi connectivity index (χ3v) is 3.94. The van der Waals surface area contributed by atoms with Crippen molar-refractivity contribution in [2.75, 3.05) is 12.4 Å². The maximum absolute atomic E-state index is 12.2. The number of hydrogen-bond acceptors (Lipinski definition) is 2. The van der Waals surface area contributed by atoms with Gasteiger partial charge in [-0.25, -0.2) is 4.79 Å². The number of carbonyl (C=O) groups excluding carboxylic acids is 1. The van der Waals surface area contributed by atoms with Crippen LogP contribution in [0.5, 0.6) is 5.75 Å². The lowest BCUT2D eigenvalue weighted by Crippen LogP contribution is -2.31. The molecular formula is C17H18Cl2N2O2. The van der Waals surface area contributed by atoms with Gasteiger partial charge >= 0.3 is 6.03 Å². The number of urea groups is 1. The Morgan fingerprint density at radius 1 is 1.17 bits per heavy atom. The SMILES string of the molecule is COc1ccc(C)cc1NC(=O)N[C@@H](C)c1ccc(Cl)cc1Cl. The van der Waals surface area contributed by atoms with E-state index in [9.17, 15) is 4.79 Å². The molecule has 2 amide bonds. The Labute approximate surface area is 145 Å². The Kier molecular flexibility index (Phi) is 5.74. The predicted octanol–water partition coefficient (Wildman–Crippen LogP) is 5.19. The number of rotatable bonds is 4. The van der Waals surface area contributed by atoms with Crippen molar-refractivity contribution in [3.8, 4) is 5.75 Å². The van der Waals surface area contributed by atoms with Crippen molar-refractivity contribution >= 4 is 34.9 Å². The summed E-state index contributed by atoms with van der Waals surface area (Å²) in [6.45, 7) is 3.79. The van der Waals surface area contributed by atoms with Gasteiger partial charge in [-0.3, -0.25) is 0 Å². The highest BCUT2D eigenvalue weighted by molar-refractivity contribution is 6.35. The lowest BCUT2D eigenvalue weighted by Gasteiger charge is -2.17. The molecule has 0 fully saturated rings. The quantitative estimate of drug-likeness (QED) is 0.794. The second-order valence-electron chi connectivity index (χ2n) is 5.19. The topological polar surface area (TPSA) is 50.4 Å². The Morgan fingerprint density at radius 3 is 2.57 bits per heavy atom. The van der Waals surface area contributed by atoms with Crippen molar-refractivity contribution in [1.82, 2.24) is 5.32 Å². The fourth-order valence-corrected chi connectivity index (χ4v) is 2.78. The van der Waals surface area contributed by atoms with E-state index in [-0.39, 0.29) is 12.1 Å². The smallest absolute Gasteiger partial charge is 0.319 e. The summed E-state index contributed by atoms with van der Waals surface area (Å²) in [4.78, 5) is 12.2. The molecule has 122 valence electrons. The summed E-state index contributed by atoms with van der Waals surface area (Å²) in [5.41, 5.74) is 2.43. The minimum absolute atomic E-state index is 0.268. The normalized spacial score (nSPS) is 11.7. The van der Waals surface area contributed by atoms with E-state index in [0.717, 1.165) is 11.1 Å². The van der Waals surface area contributed by atoms with Gasteiger partial charge in [0, 0.05) is 10.0 Å². The zero-order valence-electron chi connectivity index (χ0n) is 13.1. The van der Waals surface area contributed by atoms with Gasteiger partial charge in [-0.1, -0.05) is 35.3 Å². The van der Waals surface area contributed by atoms with E-state index < -0.39 is 0 Å². The molecule has 1 atom stereocenters. The van der Waals surface area contributed by atoms with Crippen molar-refractivity contribution < 1.29 is 9.53 Å². The lowest BCUT2D eigenvalue weighted by molar-refractivity contribution is 0.249. The number of ether oxygens (including phenoxy) is 1. The van der Waals surface area contributed by atoms with Crippen LogP contribution in [0.2, 0.25) is 10.0 Å². The molecule has 0 heterocycles. The van der Waals surface area contributed by atoms with E-state index in [4.69, 9.17) is 27.9 Å². The fraction of sp³-hybridized carbons (Fsp3) is 0.235. The number of nitrogens with one attached hydrogen (secondary N) is 2. The van der Waals surface area contributed by atoms with Gasteiger partial charge in [0.2, 0.25) is 0 Å². The molecule has 23 heavy (non-hydrogen) atoms. The van der Waals surface area contributed by atoms with Crippen molar-refractivity contribution in [1.29, 1.82) is 0 Å². The zero-order valence-corrected chi connectivity index (χ0v) is 14.6. The maximum atomic E-state index is 12.2. The van der Waals surface area contributed by atoms with Crippen molar-refractivity contribution in [2.24, 2.45) is 0 Å². The molecular weight excluding hydrogens is 335 g/mol. The molecule has 0 saturated heterocycles. The molecule has 2 rings (SSSR count). The van der Waals surface area contributed by atoms with E-state index in [1.54, 1.807) is 25.3 Å². The average Bonchev–Trinajstić information content (AvgIpc) is 2.47. The first kappa shape index (κ1) is 17.4. The minimum Gasteiger partial charge on any atom is -0.495 e. The molecule has 0 unspecified atom stereocenters. The molecule has 0 spiro atoms. The Morgan fingerprint density at radius 2 is 1.91 bits per heavy atom. The van der Waals surface area contributed by atoms with E-state index in [0.29, 0.717) is 21.5 Å². The van der Waals surface area contributed by atoms with Crippen LogP contribution < -0.4 is 15.4 Å². The standard InChI is InChI=1S/C17H18Cl2N2O2/c1-10-4-7-16(23-3)15(8-10)21-17(22)20-11(2)13-6-5-12(18)9-14(13)19/h4-9,11H,1-3H3,(H2,20,21,22)/t11-/m0/s1. The number of anilines is 1. The van der Waals surface area contributed by atoms with Crippen molar-refractivity contribution in [3.63, 3.8) is 0 Å². The molecule has 2 aromatic carbocycles. The lowest BCUT2D eigenvalue weighted by atomic mass is 10.1. The fourth-order valence-electron chi connectivity index (χ4n) is 2.20. The first-order valence-corrected chi connectivity index (χ1v) is 7.83. The van der Waals surface area contributed by atoms with Gasteiger partial charge in [-0.05, 0) is 49.2 Å². The number of hydrogen-bond donors (Lipinski definition) is 2. The van der Waals surface area contributed by atoms with E-state index in [2.05, 4.69) is 10.6 Å². The number of carbonyl (C=O) groups is 1. The monoisotopic (exact) mass is 352 g/mol. The van der Waals surface area contributed by atoms with Crippen LogP contribution in [-0.2, 0) is 0 Å². The highest BCUT2D eigenvalue weighted by atomic mass is 35.5. The van der Waals surface area contributed by atoms with Crippen LogP contribution in [0.1, 0.15) is 24.1 Å². The first-order chi connectivity index (χ1) is 10.9. The Bertz CT molecular complexity index is 720. The minimum atomic E-state index is -0.340. The largest absolute Gasteiger partial charge is 0.495 e. The second kappa shape index (κ2) is 7.57. The molecule has 2 aromatic rings. The second-order valence-corrected chi connectivity index (χ2v) is 6.03. The first-order valence-electron chi connectivity index (χ1n) is 7.08. The van der Waals surface area contributed by atoms with Crippen LogP contribution in [0.4, 0.5) is 10.5 Å². The highest BCUT2D eigenvalue weighted by Gasteiger charge is 2.14. The van der Waals surface area contributed by atoms with Gasteiger partial charge in [0.15, 0.2) is 0 Å². The van der Waals surface area contributed by atoms with Gasteiger partial charge < -0.3 is 15.4 Å². The van der Waals surface area contributed by atoms with Gasteiger partial charge in [0.05, 0.1) is 18.8 Å². The van der Waals surface area contributed by atoms with Crippen LogP contribution in [0.3, 0.4) is 0 Å². The van der Waals surface area contributed by atoms with Gasteiger partial charge in [-0.2, -0.15) is 0 Å². The van der Waals surface area contributed by atoms with Crippen LogP contribution in [0.15, 0.2) is 36.4 Å². The molecule has 0 bridgehead atoms. The van der Waals surface area contributed by atoms with Crippen LogP contribution >= 0.6 is 23.2 Å². The summed E-state index contributed by atoms with van der Waals surface area (Å²) in [6, 6.07) is 10.1. The molecule has 4 nitrogen and oxygen atoms in total. The molecule has 2 N–H and O–H groups in total. The molecule has 6 heteroatoms. The van der Waals surface area contributed by atoms with Crippen molar-refractivity contribution in [2.45, 2.75) is 19.9 Å². The summed E-state index contributed by atoms with van der Waals surface area (Å²) in [7, 11) is 1.56. The van der Waals surface area contributed by atoms with E-state index in [1.807, 2.05) is 32.0 Å². The highest BCUT2D eigenvalue weighted by Crippen LogP contribution is 2.27. The van der Waals surface area contributed by atoms with Crippen LogP contribution in [0.25, 0.3) is 0 Å². The Hall–Kier alpha value is -1.91. The van der Waals surface area contributed by atoms with Crippen LogP contribution in [0, 0.1) is 6.92 Å². The zero-order chi connectivity index (χ0) is 17.0. The van der Waals surface area contributed by atoms with E-state index >= 15 is 0 Å². The summed E-state index contributed by atoms with van der Waals surface area (Å²) in [6.07, 6.45) is 0. The third-order valence-electron chi connectivity index (χ3n) is 3.38. The molecule has 0 aromatic heterocycles.